The maximum Gasteiger partial charge on any atom is 0.243 e. The van der Waals surface area contributed by atoms with E-state index in [9.17, 15) is 12.8 Å². The summed E-state index contributed by atoms with van der Waals surface area (Å²) in [6.07, 6.45) is 1.72. The van der Waals surface area contributed by atoms with E-state index in [1.807, 2.05) is 13.8 Å². The van der Waals surface area contributed by atoms with Crippen molar-refractivity contribution in [1.29, 1.82) is 0 Å². The van der Waals surface area contributed by atoms with Crippen LogP contribution in [0.2, 0.25) is 0 Å². The Hall–Kier alpha value is -2.55. The molecule has 126 valence electrons. The Morgan fingerprint density at radius 1 is 1.25 bits per heavy atom. The van der Waals surface area contributed by atoms with Gasteiger partial charge in [0.15, 0.2) is 5.82 Å². The lowest BCUT2D eigenvalue weighted by Crippen LogP contribution is -2.09. The smallest absolute Gasteiger partial charge is 0.243 e. The third-order valence-electron chi connectivity index (χ3n) is 3.40. The van der Waals surface area contributed by atoms with Gasteiger partial charge >= 0.3 is 0 Å². The summed E-state index contributed by atoms with van der Waals surface area (Å²) < 4.78 is 40.3. The molecule has 2 aromatic heterocycles. The summed E-state index contributed by atoms with van der Waals surface area (Å²) in [7, 11) is -3.75. The molecular formula is C15H16FN5O2S. The second-order valence-corrected chi connectivity index (χ2v) is 7.49. The van der Waals surface area contributed by atoms with E-state index < -0.39 is 15.7 Å². The van der Waals surface area contributed by atoms with Crippen LogP contribution >= 0.6 is 0 Å². The van der Waals surface area contributed by atoms with Crippen LogP contribution in [0.1, 0.15) is 25.6 Å². The van der Waals surface area contributed by atoms with Gasteiger partial charge in [0.2, 0.25) is 15.0 Å². The molecule has 0 saturated carbocycles. The molecule has 0 unspecified atom stereocenters. The van der Waals surface area contributed by atoms with E-state index in [0.717, 1.165) is 0 Å². The number of rotatable bonds is 5. The summed E-state index contributed by atoms with van der Waals surface area (Å²) in [5.74, 6) is -0.825. The van der Waals surface area contributed by atoms with E-state index in [1.54, 1.807) is 23.0 Å². The summed E-state index contributed by atoms with van der Waals surface area (Å²) in [6, 6.07) is 7.69. The molecular weight excluding hydrogens is 333 g/mol. The molecule has 0 atom stereocenters. The Morgan fingerprint density at radius 2 is 2.00 bits per heavy atom. The predicted molar refractivity (Wildman–Crippen MR) is 85.3 cm³/mol. The van der Waals surface area contributed by atoms with Crippen molar-refractivity contribution in [2.75, 3.05) is 0 Å². The van der Waals surface area contributed by atoms with Gasteiger partial charge in [-0.25, -0.2) is 17.9 Å². The number of nitrogens with one attached hydrogen (secondary N) is 1. The lowest BCUT2D eigenvalue weighted by Gasteiger charge is -2.03. The number of aromatic nitrogens is 5. The van der Waals surface area contributed by atoms with Crippen molar-refractivity contribution in [2.45, 2.75) is 30.8 Å². The number of nitrogens with zero attached hydrogens (tertiary/aromatic N) is 4. The number of halogens is 1. The van der Waals surface area contributed by atoms with Gasteiger partial charge in [-0.1, -0.05) is 12.1 Å². The fourth-order valence-corrected chi connectivity index (χ4v) is 3.24. The van der Waals surface area contributed by atoms with Crippen LogP contribution in [0.4, 0.5) is 4.39 Å². The standard InChI is InChI=1S/C15H16FN5O2S/c1-10(2)21-8-7-11(20-21)9-24(22,23)15-17-14(18-19-15)12-5-3-4-6-13(12)16/h3-8,10H,9H2,1-2H3,(H,17,18,19). The Labute approximate surface area is 138 Å². The largest absolute Gasteiger partial charge is 0.270 e. The molecule has 3 aromatic rings. The number of aromatic amines is 1. The van der Waals surface area contributed by atoms with Gasteiger partial charge in [-0.15, -0.1) is 0 Å². The van der Waals surface area contributed by atoms with Crippen molar-refractivity contribution in [3.63, 3.8) is 0 Å². The molecule has 7 nitrogen and oxygen atoms in total. The third-order valence-corrected chi connectivity index (χ3v) is 4.85. The van der Waals surface area contributed by atoms with Gasteiger partial charge in [0.05, 0.1) is 11.3 Å². The van der Waals surface area contributed by atoms with Crippen molar-refractivity contribution in [3.8, 4) is 11.4 Å². The highest BCUT2D eigenvalue weighted by Crippen LogP contribution is 2.20. The molecule has 0 amide bonds. The zero-order chi connectivity index (χ0) is 17.3. The van der Waals surface area contributed by atoms with E-state index in [0.29, 0.717) is 5.69 Å². The Morgan fingerprint density at radius 3 is 2.67 bits per heavy atom. The van der Waals surface area contributed by atoms with Crippen molar-refractivity contribution in [1.82, 2.24) is 25.0 Å². The topological polar surface area (TPSA) is 93.5 Å². The zero-order valence-corrected chi connectivity index (χ0v) is 14.0. The maximum absolute atomic E-state index is 13.8. The molecule has 0 spiro atoms. The molecule has 0 aliphatic carbocycles. The van der Waals surface area contributed by atoms with Gasteiger partial charge in [-0.3, -0.25) is 4.68 Å². The van der Waals surface area contributed by atoms with Crippen LogP contribution < -0.4 is 0 Å². The number of hydrogen-bond acceptors (Lipinski definition) is 5. The molecule has 0 aliphatic heterocycles. The summed E-state index contributed by atoms with van der Waals surface area (Å²) in [5, 5.41) is 10.1. The van der Waals surface area contributed by atoms with Crippen LogP contribution in [0.15, 0.2) is 41.7 Å². The molecule has 3 rings (SSSR count). The summed E-state index contributed by atoms with van der Waals surface area (Å²) in [6.45, 7) is 3.89. The molecule has 0 fully saturated rings. The Kier molecular flexibility index (Phi) is 4.18. The highest BCUT2D eigenvalue weighted by Gasteiger charge is 2.23. The minimum absolute atomic E-state index is 0.000570. The van der Waals surface area contributed by atoms with E-state index in [-0.39, 0.29) is 28.3 Å². The van der Waals surface area contributed by atoms with Crippen molar-refractivity contribution < 1.29 is 12.8 Å². The first-order valence-electron chi connectivity index (χ1n) is 7.31. The summed E-state index contributed by atoms with van der Waals surface area (Å²) in [5.41, 5.74) is 0.548. The van der Waals surface area contributed by atoms with E-state index in [1.165, 1.54) is 18.2 Å². The third kappa shape index (κ3) is 3.21. The lowest BCUT2D eigenvalue weighted by molar-refractivity contribution is 0.527. The van der Waals surface area contributed by atoms with Crippen LogP contribution in [-0.2, 0) is 15.6 Å². The van der Waals surface area contributed by atoms with Gasteiger partial charge in [-0.2, -0.15) is 15.2 Å². The number of hydrogen-bond donors (Lipinski definition) is 1. The fraction of sp³-hybridized carbons (Fsp3) is 0.267. The zero-order valence-electron chi connectivity index (χ0n) is 13.1. The first kappa shape index (κ1) is 16.3. The molecule has 9 heteroatoms. The van der Waals surface area contributed by atoms with Gasteiger partial charge in [-0.05, 0) is 32.0 Å². The first-order chi connectivity index (χ1) is 11.4. The van der Waals surface area contributed by atoms with Crippen LogP contribution in [0.3, 0.4) is 0 Å². The van der Waals surface area contributed by atoms with Crippen molar-refractivity contribution >= 4 is 9.84 Å². The number of H-pyrrole nitrogens is 1. The first-order valence-corrected chi connectivity index (χ1v) is 8.96. The predicted octanol–water partition coefficient (Wildman–Crippen LogP) is 2.36. The van der Waals surface area contributed by atoms with Crippen molar-refractivity contribution in [3.05, 3.63) is 48.0 Å². The number of sulfone groups is 1. The molecule has 1 N–H and O–H groups in total. The average molecular weight is 349 g/mol. The van der Waals surface area contributed by atoms with Crippen LogP contribution in [0.25, 0.3) is 11.4 Å². The average Bonchev–Trinajstić information content (AvgIpc) is 3.16. The SMILES string of the molecule is CC(C)n1ccc(CS(=O)(=O)c2nc(-c3ccccc3F)n[nH]2)n1. The van der Waals surface area contributed by atoms with Gasteiger partial charge < -0.3 is 0 Å². The normalized spacial score (nSPS) is 12.0. The molecule has 0 bridgehead atoms. The molecule has 2 heterocycles. The van der Waals surface area contributed by atoms with E-state index >= 15 is 0 Å². The van der Waals surface area contributed by atoms with E-state index in [2.05, 4.69) is 20.3 Å². The Bertz CT molecular complexity index is 962. The molecule has 0 saturated heterocycles. The van der Waals surface area contributed by atoms with E-state index in [4.69, 9.17) is 0 Å². The van der Waals surface area contributed by atoms with Crippen LogP contribution in [0.5, 0.6) is 0 Å². The monoisotopic (exact) mass is 349 g/mol. The Balaban J connectivity index is 1.86. The minimum Gasteiger partial charge on any atom is -0.270 e. The summed E-state index contributed by atoms with van der Waals surface area (Å²) >= 11 is 0. The van der Waals surface area contributed by atoms with Gasteiger partial charge in [0, 0.05) is 12.2 Å². The second kappa shape index (κ2) is 6.16. The maximum atomic E-state index is 13.8. The number of benzene rings is 1. The van der Waals surface area contributed by atoms with Gasteiger partial charge in [0.25, 0.3) is 0 Å². The van der Waals surface area contributed by atoms with Gasteiger partial charge in [0.1, 0.15) is 11.6 Å². The molecule has 0 radical (unpaired) electrons. The highest BCUT2D eigenvalue weighted by molar-refractivity contribution is 7.90. The lowest BCUT2D eigenvalue weighted by atomic mass is 10.2. The fourth-order valence-electron chi connectivity index (χ4n) is 2.15. The molecule has 1 aromatic carbocycles. The quantitative estimate of drug-likeness (QED) is 0.763. The van der Waals surface area contributed by atoms with Crippen LogP contribution in [0, 0.1) is 5.82 Å². The highest BCUT2D eigenvalue weighted by atomic mass is 32.2. The van der Waals surface area contributed by atoms with Crippen molar-refractivity contribution in [2.24, 2.45) is 0 Å². The van der Waals surface area contributed by atoms with Crippen LogP contribution in [-0.4, -0.2) is 33.4 Å². The molecule has 0 aliphatic rings. The summed E-state index contributed by atoms with van der Waals surface area (Å²) in [4.78, 5) is 3.92. The minimum atomic E-state index is -3.75. The molecule has 24 heavy (non-hydrogen) atoms. The second-order valence-electron chi connectivity index (χ2n) is 5.58.